The minimum atomic E-state index is -0.829. The second-order valence-electron chi connectivity index (χ2n) is 1.97. The second kappa shape index (κ2) is 4.20. The Morgan fingerprint density at radius 2 is 2.17 bits per heavy atom. The third-order valence-corrected chi connectivity index (χ3v) is 4.37. The highest BCUT2D eigenvalue weighted by molar-refractivity contribution is 8.01. The van der Waals surface area contributed by atoms with Crippen LogP contribution in [0.15, 0.2) is 15.2 Å². The number of aromatic carboxylic acids is 1. The molecule has 66 valence electrons. The summed E-state index contributed by atoms with van der Waals surface area (Å²) in [4.78, 5) is 12.0. The molecule has 0 atom stereocenters. The Hall–Kier alpha value is -0.130. The van der Waals surface area contributed by atoms with Gasteiger partial charge in [0.25, 0.3) is 0 Å². The molecule has 1 rings (SSSR count). The molecule has 0 spiro atoms. The number of thioether (sulfide) groups is 2. The summed E-state index contributed by atoms with van der Waals surface area (Å²) < 4.78 is 1.05. The Morgan fingerprint density at radius 3 is 2.50 bits per heavy atom. The van der Waals surface area contributed by atoms with Gasteiger partial charge in [-0.2, -0.15) is 0 Å². The largest absolute Gasteiger partial charge is 0.477 e. The van der Waals surface area contributed by atoms with Gasteiger partial charge in [-0.3, -0.25) is 0 Å². The zero-order valence-corrected chi connectivity index (χ0v) is 9.11. The van der Waals surface area contributed by atoms with Gasteiger partial charge < -0.3 is 5.11 Å². The molecule has 0 fully saturated rings. The van der Waals surface area contributed by atoms with E-state index in [2.05, 4.69) is 0 Å². The van der Waals surface area contributed by atoms with Crippen LogP contribution in [0.1, 0.15) is 9.67 Å². The summed E-state index contributed by atoms with van der Waals surface area (Å²) in [6.45, 7) is 0. The van der Waals surface area contributed by atoms with Crippen LogP contribution >= 0.6 is 34.9 Å². The lowest BCUT2D eigenvalue weighted by molar-refractivity contribution is 0.0699. The number of carbonyl (C=O) groups is 1. The van der Waals surface area contributed by atoms with Crippen LogP contribution in [0, 0.1) is 0 Å². The predicted octanol–water partition coefficient (Wildman–Crippen LogP) is 2.89. The van der Waals surface area contributed by atoms with Crippen molar-refractivity contribution < 1.29 is 9.90 Å². The van der Waals surface area contributed by atoms with Crippen LogP contribution in [0.2, 0.25) is 0 Å². The maximum absolute atomic E-state index is 10.7. The number of rotatable bonds is 3. The van der Waals surface area contributed by atoms with Crippen molar-refractivity contribution in [3.63, 3.8) is 0 Å². The van der Waals surface area contributed by atoms with E-state index in [1.54, 1.807) is 11.8 Å². The van der Waals surface area contributed by atoms with E-state index in [1.165, 1.54) is 23.1 Å². The van der Waals surface area contributed by atoms with Crippen LogP contribution in [0.4, 0.5) is 0 Å². The molecule has 1 aromatic heterocycles. The molecule has 0 aliphatic heterocycles. The first-order valence-corrected chi connectivity index (χ1v) is 6.40. The average molecular weight is 220 g/mol. The molecule has 0 aliphatic carbocycles. The monoisotopic (exact) mass is 220 g/mol. The molecule has 0 aliphatic rings. The molecule has 2 nitrogen and oxygen atoms in total. The van der Waals surface area contributed by atoms with Crippen molar-refractivity contribution in [2.45, 2.75) is 9.10 Å². The summed E-state index contributed by atoms with van der Waals surface area (Å²) in [5, 5.41) is 8.79. The molecule has 1 N–H and O–H groups in total. The topological polar surface area (TPSA) is 37.3 Å². The summed E-state index contributed by atoms with van der Waals surface area (Å²) in [5.74, 6) is -0.829. The zero-order chi connectivity index (χ0) is 9.14. The van der Waals surface area contributed by atoms with E-state index in [-0.39, 0.29) is 0 Å². The molecule has 0 bridgehead atoms. The lowest BCUT2D eigenvalue weighted by Gasteiger charge is -1.90. The summed E-state index contributed by atoms with van der Waals surface area (Å²) in [6.07, 6.45) is 3.83. The van der Waals surface area contributed by atoms with E-state index in [0.29, 0.717) is 4.88 Å². The van der Waals surface area contributed by atoms with Crippen molar-refractivity contribution in [1.29, 1.82) is 0 Å². The Bertz CT molecular complexity index is 293. The standard InChI is InChI=1S/C7H8O2S3/c1-10-4-3-5(11-2)12-6(4)7(8)9/h3H,1-2H3,(H,8,9). The molecule has 1 heterocycles. The van der Waals surface area contributed by atoms with E-state index >= 15 is 0 Å². The normalized spacial score (nSPS) is 10.2. The molecular formula is C7H8O2S3. The third-order valence-electron chi connectivity index (χ3n) is 1.29. The van der Waals surface area contributed by atoms with Gasteiger partial charge in [0, 0.05) is 4.90 Å². The summed E-state index contributed by atoms with van der Waals surface area (Å²) in [5.41, 5.74) is 0. The Kier molecular flexibility index (Phi) is 3.49. The van der Waals surface area contributed by atoms with Crippen LogP contribution in [-0.4, -0.2) is 23.6 Å². The van der Waals surface area contributed by atoms with Gasteiger partial charge in [-0.15, -0.1) is 34.9 Å². The van der Waals surface area contributed by atoms with Crippen molar-refractivity contribution in [1.82, 2.24) is 0 Å². The molecule has 0 unspecified atom stereocenters. The first-order chi connectivity index (χ1) is 5.69. The number of hydrogen-bond acceptors (Lipinski definition) is 4. The van der Waals surface area contributed by atoms with Crippen LogP contribution in [0.3, 0.4) is 0 Å². The lowest BCUT2D eigenvalue weighted by Crippen LogP contribution is -1.92. The van der Waals surface area contributed by atoms with Crippen molar-refractivity contribution in [2.75, 3.05) is 12.5 Å². The van der Waals surface area contributed by atoms with Crippen LogP contribution in [0.5, 0.6) is 0 Å². The second-order valence-corrected chi connectivity index (χ2v) is 4.98. The van der Waals surface area contributed by atoms with Crippen molar-refractivity contribution in [2.24, 2.45) is 0 Å². The van der Waals surface area contributed by atoms with E-state index in [4.69, 9.17) is 5.11 Å². The van der Waals surface area contributed by atoms with Gasteiger partial charge >= 0.3 is 5.97 Å². The highest BCUT2D eigenvalue weighted by atomic mass is 32.2. The summed E-state index contributed by atoms with van der Waals surface area (Å²) >= 11 is 4.39. The van der Waals surface area contributed by atoms with E-state index < -0.39 is 5.97 Å². The number of hydrogen-bond donors (Lipinski definition) is 1. The Labute approximate surface area is 83.4 Å². The number of carboxylic acid groups (broad SMARTS) is 1. The van der Waals surface area contributed by atoms with Crippen molar-refractivity contribution in [3.05, 3.63) is 10.9 Å². The Morgan fingerprint density at radius 1 is 1.50 bits per heavy atom. The highest BCUT2D eigenvalue weighted by Gasteiger charge is 2.13. The fraction of sp³-hybridized carbons (Fsp3) is 0.286. The van der Waals surface area contributed by atoms with Gasteiger partial charge in [0.05, 0.1) is 4.21 Å². The molecule has 0 radical (unpaired) electrons. The fourth-order valence-corrected chi connectivity index (χ4v) is 3.23. The van der Waals surface area contributed by atoms with Crippen molar-refractivity contribution in [3.8, 4) is 0 Å². The quantitative estimate of drug-likeness (QED) is 0.795. The van der Waals surface area contributed by atoms with Crippen LogP contribution in [-0.2, 0) is 0 Å². The van der Waals surface area contributed by atoms with Crippen LogP contribution < -0.4 is 0 Å². The minimum Gasteiger partial charge on any atom is -0.477 e. The maximum atomic E-state index is 10.7. The van der Waals surface area contributed by atoms with Crippen molar-refractivity contribution >= 4 is 40.8 Å². The first kappa shape index (κ1) is 9.95. The van der Waals surface area contributed by atoms with E-state index in [0.717, 1.165) is 9.10 Å². The number of carboxylic acids is 1. The van der Waals surface area contributed by atoms with Gasteiger partial charge in [0.2, 0.25) is 0 Å². The zero-order valence-electron chi connectivity index (χ0n) is 6.66. The average Bonchev–Trinajstić information content (AvgIpc) is 2.47. The maximum Gasteiger partial charge on any atom is 0.347 e. The van der Waals surface area contributed by atoms with Gasteiger partial charge in [-0.05, 0) is 18.6 Å². The van der Waals surface area contributed by atoms with Gasteiger partial charge in [0.1, 0.15) is 4.88 Å². The fourth-order valence-electron chi connectivity index (χ4n) is 0.754. The highest BCUT2D eigenvalue weighted by Crippen LogP contribution is 2.34. The molecule has 0 aromatic carbocycles. The number of thiophene rings is 1. The molecule has 0 saturated heterocycles. The van der Waals surface area contributed by atoms with E-state index in [1.807, 2.05) is 18.6 Å². The predicted molar refractivity (Wildman–Crippen MR) is 54.8 cm³/mol. The molecule has 12 heavy (non-hydrogen) atoms. The first-order valence-electron chi connectivity index (χ1n) is 3.14. The molecular weight excluding hydrogens is 212 g/mol. The SMILES string of the molecule is CSc1cc(SC)c(C(=O)O)s1. The summed E-state index contributed by atoms with van der Waals surface area (Å²) in [6, 6.07) is 1.92. The lowest BCUT2D eigenvalue weighted by atomic mass is 10.5. The molecule has 1 aromatic rings. The molecule has 0 saturated carbocycles. The van der Waals surface area contributed by atoms with Gasteiger partial charge in [-0.25, -0.2) is 4.79 Å². The Balaban J connectivity index is 3.08. The third kappa shape index (κ3) is 1.97. The van der Waals surface area contributed by atoms with Gasteiger partial charge in [-0.1, -0.05) is 0 Å². The molecule has 5 heteroatoms. The van der Waals surface area contributed by atoms with E-state index in [9.17, 15) is 4.79 Å². The molecule has 0 amide bonds. The minimum absolute atomic E-state index is 0.451. The smallest absolute Gasteiger partial charge is 0.347 e. The summed E-state index contributed by atoms with van der Waals surface area (Å²) in [7, 11) is 0. The van der Waals surface area contributed by atoms with Crippen LogP contribution in [0.25, 0.3) is 0 Å². The van der Waals surface area contributed by atoms with Gasteiger partial charge in [0.15, 0.2) is 0 Å².